The molecule has 164 valence electrons. The number of piperidine rings is 1. The van der Waals surface area contributed by atoms with Crippen molar-refractivity contribution >= 4 is 0 Å². The minimum absolute atomic E-state index is 0.263. The van der Waals surface area contributed by atoms with Crippen molar-refractivity contribution in [3.05, 3.63) is 35.9 Å². The number of nitrogens with two attached hydrogens (primary N) is 1. The van der Waals surface area contributed by atoms with Crippen LogP contribution in [0, 0.1) is 11.8 Å². The number of benzene rings is 1. The fraction of sp³-hybridized carbons (Fsp3) is 0.760. The molecule has 1 aromatic rings. The van der Waals surface area contributed by atoms with Crippen LogP contribution < -0.4 is 5.73 Å². The van der Waals surface area contributed by atoms with Crippen molar-refractivity contribution in [2.75, 3.05) is 33.4 Å². The maximum atomic E-state index is 12.0. The molecule has 4 heteroatoms. The minimum Gasteiger partial charge on any atom is -0.385 e. The summed E-state index contributed by atoms with van der Waals surface area (Å²) in [5.74, 6) is 1.12. The Morgan fingerprint density at radius 1 is 1.14 bits per heavy atom. The fourth-order valence-corrected chi connectivity index (χ4v) is 5.70. The van der Waals surface area contributed by atoms with Gasteiger partial charge in [0.1, 0.15) is 0 Å². The summed E-state index contributed by atoms with van der Waals surface area (Å²) in [5, 5.41) is 12.0. The summed E-state index contributed by atoms with van der Waals surface area (Å²) in [6.07, 6.45) is 11.8. The van der Waals surface area contributed by atoms with Gasteiger partial charge in [-0.3, -0.25) is 4.90 Å². The average molecular weight is 403 g/mol. The van der Waals surface area contributed by atoms with Gasteiger partial charge < -0.3 is 15.6 Å². The van der Waals surface area contributed by atoms with Crippen molar-refractivity contribution in [1.82, 2.24) is 4.90 Å². The van der Waals surface area contributed by atoms with Crippen LogP contribution in [0.25, 0.3) is 0 Å². The first kappa shape index (κ1) is 22.7. The molecule has 0 spiro atoms. The first-order valence-electron chi connectivity index (χ1n) is 11.9. The average Bonchev–Trinajstić information content (AvgIpc) is 3.29. The predicted molar refractivity (Wildman–Crippen MR) is 120 cm³/mol. The van der Waals surface area contributed by atoms with Gasteiger partial charge in [-0.2, -0.15) is 0 Å². The van der Waals surface area contributed by atoms with Crippen molar-refractivity contribution in [2.45, 2.75) is 75.9 Å². The third-order valence-electron chi connectivity index (χ3n) is 7.43. The number of hydrogen-bond donors (Lipinski definition) is 2. The van der Waals surface area contributed by atoms with E-state index in [9.17, 15) is 5.11 Å². The SMILES string of the molecule is COCCCC[C@@](O)(c1ccccc1)[C@@H]1CCCN(C(CN)CC2CCCC2)C1. The second kappa shape index (κ2) is 11.5. The number of unbranched alkanes of at least 4 members (excludes halogenated alkanes) is 1. The van der Waals surface area contributed by atoms with Gasteiger partial charge in [0.25, 0.3) is 0 Å². The van der Waals surface area contributed by atoms with Crippen LogP contribution in [-0.2, 0) is 10.3 Å². The normalized spacial score (nSPS) is 24.4. The van der Waals surface area contributed by atoms with E-state index in [4.69, 9.17) is 10.5 Å². The molecule has 1 saturated heterocycles. The Morgan fingerprint density at radius 3 is 2.59 bits per heavy atom. The van der Waals surface area contributed by atoms with Gasteiger partial charge in [0.05, 0.1) is 5.60 Å². The van der Waals surface area contributed by atoms with Crippen molar-refractivity contribution < 1.29 is 9.84 Å². The molecule has 1 saturated carbocycles. The molecule has 1 aliphatic carbocycles. The first-order chi connectivity index (χ1) is 14.2. The van der Waals surface area contributed by atoms with E-state index in [1.54, 1.807) is 7.11 Å². The van der Waals surface area contributed by atoms with Gasteiger partial charge in [0.2, 0.25) is 0 Å². The lowest BCUT2D eigenvalue weighted by Crippen LogP contribution is -2.51. The van der Waals surface area contributed by atoms with Crippen LogP contribution in [0.3, 0.4) is 0 Å². The lowest BCUT2D eigenvalue weighted by molar-refractivity contribution is -0.0684. The smallest absolute Gasteiger partial charge is 0.0936 e. The van der Waals surface area contributed by atoms with Crippen LogP contribution in [-0.4, -0.2) is 49.4 Å². The molecule has 29 heavy (non-hydrogen) atoms. The zero-order valence-electron chi connectivity index (χ0n) is 18.4. The van der Waals surface area contributed by atoms with Crippen LogP contribution in [0.4, 0.5) is 0 Å². The number of rotatable bonds is 11. The summed E-state index contributed by atoms with van der Waals surface area (Å²) < 4.78 is 5.23. The number of likely N-dealkylation sites (tertiary alicyclic amines) is 1. The summed E-state index contributed by atoms with van der Waals surface area (Å²) in [4.78, 5) is 2.61. The van der Waals surface area contributed by atoms with E-state index in [1.165, 1.54) is 32.1 Å². The third-order valence-corrected chi connectivity index (χ3v) is 7.43. The van der Waals surface area contributed by atoms with E-state index in [0.717, 1.165) is 69.8 Å². The first-order valence-corrected chi connectivity index (χ1v) is 11.9. The lowest BCUT2D eigenvalue weighted by atomic mass is 9.73. The van der Waals surface area contributed by atoms with Crippen LogP contribution >= 0.6 is 0 Å². The Hall–Kier alpha value is -0.940. The Labute approximate surface area is 177 Å². The molecule has 2 fully saturated rings. The maximum absolute atomic E-state index is 12.0. The number of hydrogen-bond acceptors (Lipinski definition) is 4. The van der Waals surface area contributed by atoms with Crippen LogP contribution in [0.15, 0.2) is 30.3 Å². The Balaban J connectivity index is 1.70. The summed E-state index contributed by atoms with van der Waals surface area (Å²) in [5.41, 5.74) is 6.55. The van der Waals surface area contributed by atoms with E-state index in [1.807, 2.05) is 6.07 Å². The highest BCUT2D eigenvalue weighted by Gasteiger charge is 2.41. The van der Waals surface area contributed by atoms with Crippen LogP contribution in [0.5, 0.6) is 0 Å². The molecule has 3 atom stereocenters. The highest BCUT2D eigenvalue weighted by Crippen LogP contribution is 2.40. The topological polar surface area (TPSA) is 58.7 Å². The molecule has 2 aliphatic rings. The molecule has 1 heterocycles. The van der Waals surface area contributed by atoms with Crippen molar-refractivity contribution in [3.63, 3.8) is 0 Å². The van der Waals surface area contributed by atoms with Crippen molar-refractivity contribution in [1.29, 1.82) is 0 Å². The number of methoxy groups -OCH3 is 1. The van der Waals surface area contributed by atoms with Gasteiger partial charge in [0.15, 0.2) is 0 Å². The molecule has 0 bridgehead atoms. The second-order valence-corrected chi connectivity index (χ2v) is 9.35. The van der Waals surface area contributed by atoms with E-state index in [2.05, 4.69) is 29.2 Å². The molecule has 1 aromatic carbocycles. The van der Waals surface area contributed by atoms with Gasteiger partial charge in [-0.1, -0.05) is 56.0 Å². The molecule has 0 radical (unpaired) electrons. The molecule has 4 nitrogen and oxygen atoms in total. The van der Waals surface area contributed by atoms with E-state index >= 15 is 0 Å². The zero-order chi connectivity index (χ0) is 20.5. The quantitative estimate of drug-likeness (QED) is 0.542. The van der Waals surface area contributed by atoms with E-state index in [0.29, 0.717) is 6.04 Å². The minimum atomic E-state index is -0.764. The van der Waals surface area contributed by atoms with Crippen LogP contribution in [0.1, 0.15) is 69.8 Å². The Bertz CT molecular complexity index is 575. The summed E-state index contributed by atoms with van der Waals surface area (Å²) >= 11 is 0. The molecule has 0 amide bonds. The highest BCUT2D eigenvalue weighted by atomic mass is 16.5. The highest BCUT2D eigenvalue weighted by molar-refractivity contribution is 5.23. The van der Waals surface area contributed by atoms with Gasteiger partial charge in [-0.15, -0.1) is 0 Å². The fourth-order valence-electron chi connectivity index (χ4n) is 5.70. The predicted octanol–water partition coefficient (Wildman–Crippen LogP) is 4.31. The Morgan fingerprint density at radius 2 is 1.90 bits per heavy atom. The van der Waals surface area contributed by atoms with Gasteiger partial charge >= 0.3 is 0 Å². The van der Waals surface area contributed by atoms with Crippen molar-refractivity contribution in [3.8, 4) is 0 Å². The maximum Gasteiger partial charge on any atom is 0.0936 e. The number of ether oxygens (including phenoxy) is 1. The van der Waals surface area contributed by atoms with E-state index < -0.39 is 5.60 Å². The molecule has 3 rings (SSSR count). The molecule has 1 aliphatic heterocycles. The van der Waals surface area contributed by atoms with Crippen LogP contribution in [0.2, 0.25) is 0 Å². The number of aliphatic hydroxyl groups is 1. The third kappa shape index (κ3) is 6.04. The zero-order valence-corrected chi connectivity index (χ0v) is 18.4. The lowest BCUT2D eigenvalue weighted by Gasteiger charge is -2.45. The molecular formula is C25H42N2O2. The molecule has 3 N–H and O–H groups in total. The monoisotopic (exact) mass is 402 g/mol. The van der Waals surface area contributed by atoms with E-state index in [-0.39, 0.29) is 5.92 Å². The molecule has 1 unspecified atom stereocenters. The molecule has 0 aromatic heterocycles. The summed E-state index contributed by atoms with van der Waals surface area (Å²) in [6, 6.07) is 10.8. The standard InChI is InChI=1S/C25H42N2O2/c1-29-17-8-7-15-25(28,22-12-3-2-4-13-22)23-14-9-16-27(20-23)24(19-26)18-21-10-5-6-11-21/h2-4,12-13,21,23-24,28H,5-11,14-20,26H2,1H3/t23-,24?,25-/m1/s1. The largest absolute Gasteiger partial charge is 0.385 e. The summed E-state index contributed by atoms with van der Waals surface area (Å²) in [6.45, 7) is 3.59. The summed E-state index contributed by atoms with van der Waals surface area (Å²) in [7, 11) is 1.75. The van der Waals surface area contributed by atoms with Gasteiger partial charge in [-0.25, -0.2) is 0 Å². The molecular weight excluding hydrogens is 360 g/mol. The van der Waals surface area contributed by atoms with Gasteiger partial charge in [-0.05, 0) is 56.6 Å². The van der Waals surface area contributed by atoms with Gasteiger partial charge in [0, 0.05) is 38.8 Å². The number of nitrogens with zero attached hydrogens (tertiary/aromatic N) is 1. The van der Waals surface area contributed by atoms with Crippen molar-refractivity contribution in [2.24, 2.45) is 17.6 Å². The second-order valence-electron chi connectivity index (χ2n) is 9.35. The Kier molecular flexibility index (Phi) is 8.98.